The number of carbonyl (C=O) groups is 1. The number of nitrogens with zero attached hydrogens (tertiary/aromatic N) is 1. The van der Waals surface area contributed by atoms with Crippen molar-refractivity contribution >= 4 is 37.9 Å². The first-order valence-corrected chi connectivity index (χ1v) is 13.0. The van der Waals surface area contributed by atoms with Crippen LogP contribution in [0.25, 0.3) is 33.3 Å². The van der Waals surface area contributed by atoms with Crippen molar-refractivity contribution in [2.75, 3.05) is 0 Å². The van der Waals surface area contributed by atoms with Crippen LogP contribution in [-0.4, -0.2) is 24.5 Å². The Bertz CT molecular complexity index is 1790. The summed E-state index contributed by atoms with van der Waals surface area (Å²) in [4.78, 5) is 17.2. The summed E-state index contributed by atoms with van der Waals surface area (Å²) >= 11 is 0. The highest BCUT2D eigenvalue weighted by molar-refractivity contribution is 7.89. The molecule has 9 heteroatoms. The zero-order chi connectivity index (χ0) is 26.5. The van der Waals surface area contributed by atoms with Gasteiger partial charge in [0.25, 0.3) is 0 Å². The van der Waals surface area contributed by atoms with Gasteiger partial charge in [-0.3, -0.25) is 0 Å². The number of aryl methyl sites for hydroxylation is 2. The van der Waals surface area contributed by atoms with Crippen molar-refractivity contribution < 1.29 is 27.5 Å². The Morgan fingerprint density at radius 2 is 1.76 bits per heavy atom. The van der Waals surface area contributed by atoms with Crippen LogP contribution in [0.4, 0.5) is 0 Å². The molecule has 3 N–H and O–H groups in total. The maximum Gasteiger partial charge on any atom is 0.336 e. The predicted molar refractivity (Wildman–Crippen MR) is 140 cm³/mol. The van der Waals surface area contributed by atoms with E-state index in [1.165, 1.54) is 18.2 Å². The van der Waals surface area contributed by atoms with Crippen LogP contribution >= 0.6 is 0 Å². The van der Waals surface area contributed by atoms with Crippen LogP contribution in [-0.2, 0) is 10.0 Å². The minimum absolute atomic E-state index is 0.00462. The maximum absolute atomic E-state index is 12.4. The maximum atomic E-state index is 12.4. The number of primary sulfonamides is 1. The number of fused-ring (bicyclic) bond motifs is 2. The van der Waals surface area contributed by atoms with Gasteiger partial charge in [0, 0.05) is 10.9 Å². The van der Waals surface area contributed by atoms with Crippen molar-refractivity contribution in [3.63, 3.8) is 0 Å². The normalized spacial score (nSPS) is 12.6. The fraction of sp³-hybridized carbons (Fsp3) is 0.143. The number of nitrogens with two attached hydrogens (primary N) is 1. The smallest absolute Gasteiger partial charge is 0.336 e. The Kier molecular flexibility index (Phi) is 5.97. The van der Waals surface area contributed by atoms with Crippen LogP contribution in [0.3, 0.4) is 0 Å². The van der Waals surface area contributed by atoms with E-state index >= 15 is 0 Å². The van der Waals surface area contributed by atoms with Gasteiger partial charge in [-0.25, -0.2) is 23.3 Å². The molecule has 0 bridgehead atoms. The van der Waals surface area contributed by atoms with Crippen molar-refractivity contribution in [2.24, 2.45) is 5.14 Å². The Labute approximate surface area is 213 Å². The molecule has 5 rings (SSSR count). The summed E-state index contributed by atoms with van der Waals surface area (Å²) in [6.07, 6.45) is -0.514. The largest absolute Gasteiger partial charge is 0.485 e. The third-order valence-electron chi connectivity index (χ3n) is 6.41. The number of benzene rings is 3. The first kappa shape index (κ1) is 24.5. The molecule has 2 aromatic heterocycles. The molecular formula is C28H24N2O6S. The lowest BCUT2D eigenvalue weighted by molar-refractivity contribution is 0.0698. The topological polar surface area (TPSA) is 133 Å². The zero-order valence-electron chi connectivity index (χ0n) is 20.3. The van der Waals surface area contributed by atoms with E-state index in [1.54, 1.807) is 25.1 Å². The van der Waals surface area contributed by atoms with Gasteiger partial charge in [-0.05, 0) is 62.2 Å². The van der Waals surface area contributed by atoms with Gasteiger partial charge >= 0.3 is 5.97 Å². The number of sulfonamides is 1. The van der Waals surface area contributed by atoms with Crippen LogP contribution in [0.2, 0.25) is 0 Å². The summed E-state index contributed by atoms with van der Waals surface area (Å²) in [5.41, 5.74) is 4.00. The third kappa shape index (κ3) is 4.43. The van der Waals surface area contributed by atoms with E-state index in [4.69, 9.17) is 19.3 Å². The lowest BCUT2D eigenvalue weighted by Gasteiger charge is -2.19. The molecule has 3 aromatic carbocycles. The van der Waals surface area contributed by atoms with E-state index in [0.717, 1.165) is 16.5 Å². The zero-order valence-corrected chi connectivity index (χ0v) is 21.2. The first-order chi connectivity index (χ1) is 17.5. The third-order valence-corrected chi connectivity index (χ3v) is 7.34. The monoisotopic (exact) mass is 516 g/mol. The van der Waals surface area contributed by atoms with Gasteiger partial charge in [0.1, 0.15) is 23.1 Å². The molecular weight excluding hydrogens is 492 g/mol. The number of rotatable bonds is 6. The van der Waals surface area contributed by atoms with Crippen LogP contribution in [0, 0.1) is 13.8 Å². The highest BCUT2D eigenvalue weighted by atomic mass is 32.2. The van der Waals surface area contributed by atoms with Crippen LogP contribution in [0.5, 0.6) is 5.75 Å². The number of pyridine rings is 1. The molecule has 5 aromatic rings. The molecule has 0 radical (unpaired) electrons. The minimum Gasteiger partial charge on any atom is -0.485 e. The summed E-state index contributed by atoms with van der Waals surface area (Å²) in [6, 6.07) is 18.7. The predicted octanol–water partition coefficient (Wildman–Crippen LogP) is 5.75. The Morgan fingerprint density at radius 3 is 2.41 bits per heavy atom. The number of aromatic carboxylic acids is 1. The molecule has 37 heavy (non-hydrogen) atoms. The number of ether oxygens (including phenoxy) is 1. The van der Waals surface area contributed by atoms with E-state index in [2.05, 4.69) is 0 Å². The molecule has 0 aliphatic heterocycles. The molecule has 1 unspecified atom stereocenters. The number of hydrogen-bond acceptors (Lipinski definition) is 6. The second-order valence-electron chi connectivity index (χ2n) is 8.89. The van der Waals surface area contributed by atoms with Crippen molar-refractivity contribution in [3.05, 3.63) is 89.0 Å². The lowest BCUT2D eigenvalue weighted by atomic mass is 10.0. The average Bonchev–Trinajstić information content (AvgIpc) is 3.21. The molecule has 8 nitrogen and oxygen atoms in total. The van der Waals surface area contributed by atoms with Crippen molar-refractivity contribution in [2.45, 2.75) is 31.8 Å². The van der Waals surface area contributed by atoms with Crippen LogP contribution in [0.15, 0.2) is 76.0 Å². The fourth-order valence-electron chi connectivity index (χ4n) is 4.43. The number of aromatic nitrogens is 1. The minimum atomic E-state index is -3.81. The van der Waals surface area contributed by atoms with Crippen molar-refractivity contribution in [1.29, 1.82) is 0 Å². The quantitative estimate of drug-likeness (QED) is 0.293. The standard InChI is InChI=1S/C28H24N2O6S/c1-15-8-13-24(35-17(3)18-9-11-19(12-10-18)37(29,33)34)25-21(28(31)32)14-22(30-26(15)25)27-16(2)20-6-4-5-7-23(20)36-27/h4-14,17H,1-3H3,(H,31,32)(H2,29,33,34). The summed E-state index contributed by atoms with van der Waals surface area (Å²) in [6.45, 7) is 5.57. The Balaban J connectivity index is 1.62. The molecule has 0 spiro atoms. The molecule has 1 atom stereocenters. The SMILES string of the molecule is Cc1c(-c2cc(C(=O)O)c3c(OC(C)c4ccc(S(N)(=O)=O)cc4)ccc(C)c3n2)oc2ccccc12. The van der Waals surface area contributed by atoms with Gasteiger partial charge in [-0.15, -0.1) is 0 Å². The molecule has 0 saturated carbocycles. The number of carboxylic acid groups (broad SMARTS) is 1. The summed E-state index contributed by atoms with van der Waals surface area (Å²) < 4.78 is 35.4. The van der Waals surface area contributed by atoms with E-state index in [1.807, 2.05) is 44.2 Å². The summed E-state index contributed by atoms with van der Waals surface area (Å²) in [5.74, 6) is -0.260. The molecule has 0 amide bonds. The molecule has 0 aliphatic rings. The van der Waals surface area contributed by atoms with E-state index < -0.39 is 22.1 Å². The van der Waals surface area contributed by atoms with E-state index in [9.17, 15) is 18.3 Å². The summed E-state index contributed by atoms with van der Waals surface area (Å²) in [5, 5.41) is 16.6. The number of para-hydroxylation sites is 1. The second-order valence-corrected chi connectivity index (χ2v) is 10.5. The molecule has 188 valence electrons. The number of furan rings is 1. The van der Waals surface area contributed by atoms with Crippen molar-refractivity contribution in [1.82, 2.24) is 4.98 Å². The van der Waals surface area contributed by atoms with Gasteiger partial charge < -0.3 is 14.3 Å². The molecule has 2 heterocycles. The first-order valence-electron chi connectivity index (χ1n) is 11.5. The highest BCUT2D eigenvalue weighted by Crippen LogP contribution is 2.38. The molecule has 0 saturated heterocycles. The van der Waals surface area contributed by atoms with Gasteiger partial charge in [0.2, 0.25) is 10.0 Å². The average molecular weight is 517 g/mol. The number of hydrogen-bond donors (Lipinski definition) is 2. The number of carboxylic acids is 1. The van der Waals surface area contributed by atoms with Crippen molar-refractivity contribution in [3.8, 4) is 17.2 Å². The second kappa shape index (κ2) is 9.02. The van der Waals surface area contributed by atoms with Gasteiger partial charge in [0.05, 0.1) is 21.4 Å². The van der Waals surface area contributed by atoms with E-state index in [-0.39, 0.29) is 10.5 Å². The molecule has 0 aliphatic carbocycles. The van der Waals surface area contributed by atoms with Gasteiger partial charge in [-0.2, -0.15) is 0 Å². The van der Waals surface area contributed by atoms with E-state index in [0.29, 0.717) is 39.3 Å². The van der Waals surface area contributed by atoms with Gasteiger partial charge in [-0.1, -0.05) is 36.4 Å². The van der Waals surface area contributed by atoms with Crippen LogP contribution < -0.4 is 9.88 Å². The Morgan fingerprint density at radius 1 is 1.05 bits per heavy atom. The fourth-order valence-corrected chi connectivity index (χ4v) is 4.95. The Hall–Kier alpha value is -4.21. The highest BCUT2D eigenvalue weighted by Gasteiger charge is 2.22. The molecule has 0 fully saturated rings. The lowest BCUT2D eigenvalue weighted by Crippen LogP contribution is -2.12. The van der Waals surface area contributed by atoms with Crippen LogP contribution in [0.1, 0.15) is 40.1 Å². The van der Waals surface area contributed by atoms with Gasteiger partial charge in [0.15, 0.2) is 5.76 Å². The summed E-state index contributed by atoms with van der Waals surface area (Å²) in [7, 11) is -3.81.